The van der Waals surface area contributed by atoms with Crippen molar-refractivity contribution < 1.29 is 18.8 Å². The number of rotatable bonds is 6. The molecule has 0 unspecified atom stereocenters. The highest BCUT2D eigenvalue weighted by Gasteiger charge is 2.33. The molecule has 2 heterocycles. The smallest absolute Gasteiger partial charge is 0.407 e. The lowest BCUT2D eigenvalue weighted by atomic mass is 10.1. The summed E-state index contributed by atoms with van der Waals surface area (Å²) >= 11 is 0. The summed E-state index contributed by atoms with van der Waals surface area (Å²) in [5.74, 6) is -0.583. The summed E-state index contributed by atoms with van der Waals surface area (Å²) in [5.41, 5.74) is 0.701. The van der Waals surface area contributed by atoms with Crippen LogP contribution in [-0.2, 0) is 9.53 Å². The molecule has 2 saturated heterocycles. The minimum absolute atomic E-state index is 0.122. The number of hydrogen-bond donors (Lipinski definition) is 2. The number of likely N-dealkylation sites (tertiary alicyclic amines) is 1. The molecule has 0 aromatic heterocycles. The molecule has 0 aromatic rings. The first-order chi connectivity index (χ1) is 11.8. The van der Waals surface area contributed by atoms with Gasteiger partial charge in [0.2, 0.25) is 0 Å². The Bertz CT molecular complexity index is 457. The summed E-state index contributed by atoms with van der Waals surface area (Å²) in [7, 11) is 0. The number of amides is 2. The molecule has 2 N–H and O–H groups in total. The molecule has 2 rings (SSSR count). The van der Waals surface area contributed by atoms with E-state index in [1.165, 1.54) is 5.54 Å². The number of nitrogens with one attached hydrogen (secondary N) is 2. The molecule has 0 saturated carbocycles. The van der Waals surface area contributed by atoms with Crippen LogP contribution < -0.4 is 10.9 Å². The van der Waals surface area contributed by atoms with Crippen LogP contribution in [0.4, 0.5) is 9.28 Å². The lowest BCUT2D eigenvalue weighted by molar-refractivity contribution is -0.127. The number of carbonyl (C=O) groups is 2. The molecule has 0 radical (unpaired) electrons. The van der Waals surface area contributed by atoms with Crippen molar-refractivity contribution in [1.29, 1.82) is 0 Å². The van der Waals surface area contributed by atoms with Crippen molar-refractivity contribution in [3.63, 3.8) is 0 Å². The Kier molecular flexibility index (Phi) is 6.97. The van der Waals surface area contributed by atoms with Crippen molar-refractivity contribution in [3.8, 4) is 0 Å². The lowest BCUT2D eigenvalue weighted by Crippen LogP contribution is -2.63. The highest BCUT2D eigenvalue weighted by Crippen LogP contribution is 2.16. The van der Waals surface area contributed by atoms with Gasteiger partial charge in [0.1, 0.15) is 5.60 Å². The minimum atomic E-state index is -0.583. The molecule has 2 aliphatic rings. The molecule has 0 atom stereocenters. The molecular weight excluding hydrogens is 329 g/mol. The van der Waals surface area contributed by atoms with Gasteiger partial charge >= 0.3 is 6.09 Å². The van der Waals surface area contributed by atoms with Crippen LogP contribution in [0.2, 0.25) is 0 Å². The van der Waals surface area contributed by atoms with E-state index >= 15 is 0 Å². The van der Waals surface area contributed by atoms with E-state index in [-0.39, 0.29) is 12.6 Å². The molecule has 0 bridgehead atoms. The maximum atomic E-state index is 12.0. The molecule has 25 heavy (non-hydrogen) atoms. The molecule has 2 amide bonds. The number of alkyl carbamates (subject to hydrolysis) is 1. The third-order valence-corrected chi connectivity index (χ3v) is 4.43. The van der Waals surface area contributed by atoms with Crippen LogP contribution >= 0.6 is 0 Å². The first-order valence-electron chi connectivity index (χ1n) is 8.82. The summed E-state index contributed by atoms with van der Waals surface area (Å²) in [4.78, 5) is 29.3. The average Bonchev–Trinajstić information content (AvgIpc) is 2.48. The van der Waals surface area contributed by atoms with Crippen LogP contribution in [0.1, 0.15) is 20.8 Å². The second-order valence-corrected chi connectivity index (χ2v) is 7.67. The summed E-state index contributed by atoms with van der Waals surface area (Å²) in [5, 5.41) is 2.77. The molecular formula is C16H30FN5O3. The molecule has 144 valence electrons. The van der Waals surface area contributed by atoms with Gasteiger partial charge in [-0.05, 0) is 20.8 Å². The number of piperazine rings is 1. The fraction of sp³-hybridized carbons (Fsp3) is 0.875. The van der Waals surface area contributed by atoms with Crippen LogP contribution in [0.15, 0.2) is 0 Å². The van der Waals surface area contributed by atoms with Crippen molar-refractivity contribution in [2.75, 3.05) is 58.9 Å². The zero-order chi connectivity index (χ0) is 18.4. The summed E-state index contributed by atoms with van der Waals surface area (Å²) in [6, 6.07) is 0.527. The van der Waals surface area contributed by atoms with Crippen molar-refractivity contribution in [1.82, 2.24) is 25.6 Å². The normalized spacial score (nSPS) is 20.8. The van der Waals surface area contributed by atoms with Gasteiger partial charge in [0, 0.05) is 58.4 Å². The number of carbonyl (C=O) groups excluding carboxylic acids is 2. The Morgan fingerprint density at radius 3 is 2.32 bits per heavy atom. The molecule has 0 spiro atoms. The van der Waals surface area contributed by atoms with E-state index in [4.69, 9.17) is 4.74 Å². The standard InChI is InChI=1S/C16H30FN5O3/c1-16(2,3)25-15(24)18-4-5-21-10-13(11-21)22-8-6-20(7-9-22)12-14(23)19-17/h13H,4-12H2,1-3H3,(H,18,24)(H,19,23). The van der Waals surface area contributed by atoms with E-state index in [1.807, 2.05) is 25.7 Å². The SMILES string of the molecule is CC(C)(C)OC(=O)NCCN1CC(N2CCN(CC(=O)NF)CC2)C1. The predicted molar refractivity (Wildman–Crippen MR) is 91.7 cm³/mol. The Morgan fingerprint density at radius 2 is 1.76 bits per heavy atom. The summed E-state index contributed by atoms with van der Waals surface area (Å²) < 4.78 is 17.2. The average molecular weight is 359 g/mol. The first-order valence-corrected chi connectivity index (χ1v) is 8.82. The van der Waals surface area contributed by atoms with Gasteiger partial charge in [0.15, 0.2) is 0 Å². The molecule has 2 aliphatic heterocycles. The number of ether oxygens (including phenoxy) is 1. The van der Waals surface area contributed by atoms with Crippen molar-refractivity contribution in [2.45, 2.75) is 32.4 Å². The van der Waals surface area contributed by atoms with E-state index in [1.54, 1.807) is 0 Å². The third kappa shape index (κ3) is 6.75. The minimum Gasteiger partial charge on any atom is -0.444 e. The van der Waals surface area contributed by atoms with Crippen LogP contribution in [-0.4, -0.2) is 97.2 Å². The van der Waals surface area contributed by atoms with Gasteiger partial charge < -0.3 is 10.1 Å². The quantitative estimate of drug-likeness (QED) is 0.641. The topological polar surface area (TPSA) is 77.2 Å². The number of hydrogen-bond acceptors (Lipinski definition) is 6. The van der Waals surface area contributed by atoms with E-state index in [9.17, 15) is 14.1 Å². The second-order valence-electron chi connectivity index (χ2n) is 7.67. The van der Waals surface area contributed by atoms with Gasteiger partial charge in [-0.15, -0.1) is 4.48 Å². The monoisotopic (exact) mass is 359 g/mol. The van der Waals surface area contributed by atoms with Gasteiger partial charge in [-0.3, -0.25) is 19.5 Å². The molecule has 0 aromatic carbocycles. The highest BCUT2D eigenvalue weighted by molar-refractivity contribution is 5.76. The van der Waals surface area contributed by atoms with Crippen LogP contribution in [0.25, 0.3) is 0 Å². The zero-order valence-electron chi connectivity index (χ0n) is 15.4. The van der Waals surface area contributed by atoms with E-state index in [2.05, 4.69) is 15.1 Å². The Morgan fingerprint density at radius 1 is 1.12 bits per heavy atom. The molecule has 2 fully saturated rings. The van der Waals surface area contributed by atoms with Crippen LogP contribution in [0.3, 0.4) is 0 Å². The van der Waals surface area contributed by atoms with Gasteiger partial charge in [-0.1, -0.05) is 0 Å². The number of halogens is 1. The van der Waals surface area contributed by atoms with Gasteiger partial charge in [-0.2, -0.15) is 5.54 Å². The van der Waals surface area contributed by atoms with Gasteiger partial charge in [-0.25, -0.2) is 4.79 Å². The van der Waals surface area contributed by atoms with Gasteiger partial charge in [0.25, 0.3) is 5.91 Å². The third-order valence-electron chi connectivity index (χ3n) is 4.43. The fourth-order valence-corrected chi connectivity index (χ4v) is 3.11. The Balaban J connectivity index is 1.54. The van der Waals surface area contributed by atoms with Crippen LogP contribution in [0, 0.1) is 0 Å². The largest absolute Gasteiger partial charge is 0.444 e. The lowest BCUT2D eigenvalue weighted by Gasteiger charge is -2.48. The van der Waals surface area contributed by atoms with E-state index < -0.39 is 11.5 Å². The summed E-state index contributed by atoms with van der Waals surface area (Å²) in [6.45, 7) is 12.4. The van der Waals surface area contributed by atoms with Gasteiger partial charge in [0.05, 0.1) is 6.54 Å². The fourth-order valence-electron chi connectivity index (χ4n) is 3.11. The molecule has 0 aliphatic carbocycles. The maximum absolute atomic E-state index is 12.0. The molecule has 9 heteroatoms. The molecule has 8 nitrogen and oxygen atoms in total. The predicted octanol–water partition coefficient (Wildman–Crippen LogP) is -0.186. The van der Waals surface area contributed by atoms with Crippen molar-refractivity contribution in [3.05, 3.63) is 0 Å². The van der Waals surface area contributed by atoms with E-state index in [0.717, 1.165) is 45.8 Å². The second kappa shape index (κ2) is 8.77. The first kappa shape index (κ1) is 19.9. The maximum Gasteiger partial charge on any atom is 0.407 e. The van der Waals surface area contributed by atoms with E-state index in [0.29, 0.717) is 12.6 Å². The summed E-state index contributed by atoms with van der Waals surface area (Å²) in [6.07, 6.45) is -0.377. The zero-order valence-corrected chi connectivity index (χ0v) is 15.4. The van der Waals surface area contributed by atoms with Crippen molar-refractivity contribution >= 4 is 12.0 Å². The Labute approximate surface area is 148 Å². The van der Waals surface area contributed by atoms with Crippen molar-refractivity contribution in [2.24, 2.45) is 0 Å². The Hall–Kier alpha value is -1.45. The highest BCUT2D eigenvalue weighted by atomic mass is 19.2. The van der Waals surface area contributed by atoms with Crippen LogP contribution in [0.5, 0.6) is 0 Å². The number of nitrogens with zero attached hydrogens (tertiary/aromatic N) is 3.